The maximum atomic E-state index is 11.3. The Balaban J connectivity index is 5.13. The first-order chi connectivity index (χ1) is 7.83. The molecule has 0 aliphatic rings. The van der Waals surface area contributed by atoms with Crippen molar-refractivity contribution < 1.29 is 19.8 Å². The molecule has 2 atom stereocenters. The van der Waals surface area contributed by atoms with Crippen molar-refractivity contribution in [3.63, 3.8) is 0 Å². The van der Waals surface area contributed by atoms with Gasteiger partial charge in [0.2, 0.25) is 0 Å². The van der Waals surface area contributed by atoms with E-state index in [1.165, 1.54) is 0 Å². The molecule has 0 spiro atoms. The van der Waals surface area contributed by atoms with Gasteiger partial charge in [-0.2, -0.15) is 0 Å². The fourth-order valence-electron chi connectivity index (χ4n) is 2.12. The maximum Gasteiger partial charge on any atom is 0.307 e. The molecule has 0 aliphatic carbocycles. The van der Waals surface area contributed by atoms with Gasteiger partial charge in [0, 0.05) is 0 Å². The highest BCUT2D eigenvalue weighted by Gasteiger charge is 2.38. The molecule has 2 N–H and O–H groups in total. The van der Waals surface area contributed by atoms with E-state index in [0.717, 1.165) is 0 Å². The Morgan fingerprint density at radius 3 is 1.11 bits per heavy atom. The highest BCUT2D eigenvalue weighted by Crippen LogP contribution is 2.35. The van der Waals surface area contributed by atoms with Crippen LogP contribution in [0.15, 0.2) is 0 Å². The van der Waals surface area contributed by atoms with E-state index in [4.69, 9.17) is 0 Å². The number of carboxylic acids is 2. The molecule has 4 nitrogen and oxygen atoms in total. The Labute approximate surface area is 109 Å². The standard InChI is InChI=1S/C14H26O4/c1-13(2,3)7-9(11(15)16)10(12(17)18)8-14(4,5)6/h9-10H,7-8H2,1-6H3,(H,15,16)(H,17,18). The van der Waals surface area contributed by atoms with Crippen LogP contribution in [-0.2, 0) is 9.59 Å². The smallest absolute Gasteiger partial charge is 0.307 e. The predicted molar refractivity (Wildman–Crippen MR) is 70.4 cm³/mol. The lowest BCUT2D eigenvalue weighted by Gasteiger charge is -2.31. The minimum Gasteiger partial charge on any atom is -0.481 e. The molecule has 0 heterocycles. The van der Waals surface area contributed by atoms with Gasteiger partial charge >= 0.3 is 11.9 Å². The maximum absolute atomic E-state index is 11.3. The summed E-state index contributed by atoms with van der Waals surface area (Å²) in [5.74, 6) is -3.69. The number of carboxylic acid groups (broad SMARTS) is 2. The molecule has 0 fully saturated rings. The third-order valence-corrected chi connectivity index (χ3v) is 2.78. The molecule has 0 rings (SSSR count). The van der Waals surface area contributed by atoms with Gasteiger partial charge in [-0.1, -0.05) is 41.5 Å². The number of aliphatic carboxylic acids is 2. The van der Waals surface area contributed by atoms with Crippen LogP contribution in [0.25, 0.3) is 0 Å². The van der Waals surface area contributed by atoms with Crippen LogP contribution in [0.2, 0.25) is 0 Å². The van der Waals surface area contributed by atoms with Crippen molar-refractivity contribution in [3.05, 3.63) is 0 Å². The lowest BCUT2D eigenvalue weighted by molar-refractivity contribution is -0.156. The van der Waals surface area contributed by atoms with Crippen molar-refractivity contribution in [1.29, 1.82) is 0 Å². The van der Waals surface area contributed by atoms with E-state index in [1.54, 1.807) is 0 Å². The third-order valence-electron chi connectivity index (χ3n) is 2.78. The fraction of sp³-hybridized carbons (Fsp3) is 0.857. The first-order valence-electron chi connectivity index (χ1n) is 6.29. The highest BCUT2D eigenvalue weighted by atomic mass is 16.4. The van der Waals surface area contributed by atoms with Crippen LogP contribution < -0.4 is 0 Å². The highest BCUT2D eigenvalue weighted by molar-refractivity contribution is 5.80. The third kappa shape index (κ3) is 6.62. The summed E-state index contributed by atoms with van der Waals surface area (Å²) in [6.45, 7) is 11.6. The molecule has 0 aromatic carbocycles. The second kappa shape index (κ2) is 5.72. The summed E-state index contributed by atoms with van der Waals surface area (Å²) in [6, 6.07) is 0. The SMILES string of the molecule is CC(C)(C)CC(C(=O)O)C(CC(C)(C)C)C(=O)O. The Morgan fingerprint density at radius 1 is 0.778 bits per heavy atom. The molecular formula is C14H26O4. The van der Waals surface area contributed by atoms with Gasteiger partial charge < -0.3 is 10.2 Å². The zero-order valence-electron chi connectivity index (χ0n) is 12.3. The molecule has 0 aromatic heterocycles. The van der Waals surface area contributed by atoms with Gasteiger partial charge in [-0.3, -0.25) is 9.59 Å². The number of carbonyl (C=O) groups is 2. The molecular weight excluding hydrogens is 232 g/mol. The summed E-state index contributed by atoms with van der Waals surface area (Å²) in [4.78, 5) is 22.7. The Bertz CT molecular complexity index is 275. The first kappa shape index (κ1) is 16.9. The van der Waals surface area contributed by atoms with Crippen LogP contribution >= 0.6 is 0 Å². The van der Waals surface area contributed by atoms with E-state index in [-0.39, 0.29) is 10.8 Å². The molecule has 4 heteroatoms. The normalized spacial score (nSPS) is 16.1. The lowest BCUT2D eigenvalue weighted by Crippen LogP contribution is -2.35. The summed E-state index contributed by atoms with van der Waals surface area (Å²) < 4.78 is 0. The summed E-state index contributed by atoms with van der Waals surface area (Å²) in [6.07, 6.45) is 0.741. The number of hydrogen-bond donors (Lipinski definition) is 2. The van der Waals surface area contributed by atoms with Crippen LogP contribution in [0.5, 0.6) is 0 Å². The minimum absolute atomic E-state index is 0.200. The summed E-state index contributed by atoms with van der Waals surface area (Å²) in [7, 11) is 0. The van der Waals surface area contributed by atoms with Gasteiger partial charge in [0.05, 0.1) is 11.8 Å². The Hall–Kier alpha value is -1.06. The van der Waals surface area contributed by atoms with Gasteiger partial charge in [-0.05, 0) is 23.7 Å². The summed E-state index contributed by atoms with van der Waals surface area (Å²) in [5.41, 5.74) is -0.400. The Kier molecular flexibility index (Phi) is 5.38. The van der Waals surface area contributed by atoms with E-state index < -0.39 is 23.8 Å². The quantitative estimate of drug-likeness (QED) is 0.793. The molecule has 106 valence electrons. The molecule has 0 saturated heterocycles. The van der Waals surface area contributed by atoms with Gasteiger partial charge in [-0.15, -0.1) is 0 Å². The van der Waals surface area contributed by atoms with Crippen molar-refractivity contribution in [2.24, 2.45) is 22.7 Å². The zero-order chi connectivity index (χ0) is 14.7. The van der Waals surface area contributed by atoms with Crippen LogP contribution in [0.4, 0.5) is 0 Å². The van der Waals surface area contributed by atoms with E-state index in [2.05, 4.69) is 0 Å². The monoisotopic (exact) mass is 258 g/mol. The molecule has 0 aliphatic heterocycles. The molecule has 0 bridgehead atoms. The van der Waals surface area contributed by atoms with Crippen LogP contribution in [-0.4, -0.2) is 22.2 Å². The van der Waals surface area contributed by atoms with Crippen LogP contribution in [0.3, 0.4) is 0 Å². The van der Waals surface area contributed by atoms with Crippen molar-refractivity contribution in [2.75, 3.05) is 0 Å². The molecule has 2 unspecified atom stereocenters. The van der Waals surface area contributed by atoms with Gasteiger partial charge in [0.15, 0.2) is 0 Å². The molecule has 0 amide bonds. The molecule has 18 heavy (non-hydrogen) atoms. The van der Waals surface area contributed by atoms with E-state index in [9.17, 15) is 19.8 Å². The molecule has 0 radical (unpaired) electrons. The predicted octanol–water partition coefficient (Wildman–Crippen LogP) is 3.26. The van der Waals surface area contributed by atoms with Crippen LogP contribution in [0.1, 0.15) is 54.4 Å². The minimum atomic E-state index is -1.01. The summed E-state index contributed by atoms with van der Waals surface area (Å²) in [5, 5.41) is 18.6. The van der Waals surface area contributed by atoms with Crippen molar-refractivity contribution >= 4 is 11.9 Å². The van der Waals surface area contributed by atoms with Crippen molar-refractivity contribution in [2.45, 2.75) is 54.4 Å². The van der Waals surface area contributed by atoms with E-state index in [0.29, 0.717) is 12.8 Å². The van der Waals surface area contributed by atoms with Gasteiger partial charge in [0.1, 0.15) is 0 Å². The van der Waals surface area contributed by atoms with Gasteiger partial charge in [0.25, 0.3) is 0 Å². The van der Waals surface area contributed by atoms with Crippen molar-refractivity contribution in [3.8, 4) is 0 Å². The molecule has 0 saturated carbocycles. The van der Waals surface area contributed by atoms with Crippen LogP contribution in [0, 0.1) is 22.7 Å². The van der Waals surface area contributed by atoms with Gasteiger partial charge in [-0.25, -0.2) is 0 Å². The fourth-order valence-corrected chi connectivity index (χ4v) is 2.12. The molecule has 0 aromatic rings. The Morgan fingerprint density at radius 2 is 1.00 bits per heavy atom. The van der Waals surface area contributed by atoms with E-state index in [1.807, 2.05) is 41.5 Å². The summed E-state index contributed by atoms with van der Waals surface area (Å²) >= 11 is 0. The average Bonchev–Trinajstić information content (AvgIpc) is 2.06. The largest absolute Gasteiger partial charge is 0.481 e. The zero-order valence-corrected chi connectivity index (χ0v) is 12.3. The second-order valence-corrected chi connectivity index (χ2v) is 7.42. The van der Waals surface area contributed by atoms with E-state index >= 15 is 0 Å². The first-order valence-corrected chi connectivity index (χ1v) is 6.29. The number of rotatable bonds is 5. The second-order valence-electron chi connectivity index (χ2n) is 7.42. The van der Waals surface area contributed by atoms with Crippen molar-refractivity contribution in [1.82, 2.24) is 0 Å². The average molecular weight is 258 g/mol. The number of hydrogen-bond acceptors (Lipinski definition) is 2. The lowest BCUT2D eigenvalue weighted by atomic mass is 9.73. The topological polar surface area (TPSA) is 74.6 Å².